The molecule has 0 saturated heterocycles. The lowest BCUT2D eigenvalue weighted by molar-refractivity contribution is 0.831. The fraction of sp³-hybridized carbons (Fsp3) is 0.300. The largest absolute Gasteiger partial charge is 0.369 e. The summed E-state index contributed by atoms with van der Waals surface area (Å²) in [6.45, 7) is 4.65. The van der Waals surface area contributed by atoms with Gasteiger partial charge in [0.15, 0.2) is 11.2 Å². The topological polar surface area (TPSA) is 89.6 Å². The zero-order valence-electron chi connectivity index (χ0n) is 9.19. The molecule has 0 bridgehead atoms. The molecule has 6 nitrogen and oxygen atoms in total. The first-order chi connectivity index (χ1) is 7.58. The van der Waals surface area contributed by atoms with Crippen LogP contribution >= 0.6 is 0 Å². The van der Waals surface area contributed by atoms with Gasteiger partial charge in [-0.2, -0.15) is 4.98 Å². The van der Waals surface area contributed by atoms with Crippen LogP contribution in [0.4, 0.5) is 5.95 Å². The van der Waals surface area contributed by atoms with E-state index >= 15 is 0 Å². The molecule has 2 heterocycles. The Labute approximate surface area is 91.8 Å². The van der Waals surface area contributed by atoms with Crippen molar-refractivity contribution < 1.29 is 0 Å². The monoisotopic (exact) mass is 219 g/mol. The summed E-state index contributed by atoms with van der Waals surface area (Å²) >= 11 is 0. The highest BCUT2D eigenvalue weighted by Gasteiger charge is 2.07. The van der Waals surface area contributed by atoms with Gasteiger partial charge in [-0.15, -0.1) is 0 Å². The van der Waals surface area contributed by atoms with E-state index in [4.69, 9.17) is 5.73 Å². The molecule has 6 heteroatoms. The number of nitrogens with two attached hydrogens (primary N) is 1. The van der Waals surface area contributed by atoms with E-state index in [9.17, 15) is 4.79 Å². The summed E-state index contributed by atoms with van der Waals surface area (Å²) in [5.74, 6) is 0.108. The van der Waals surface area contributed by atoms with Gasteiger partial charge in [0.2, 0.25) is 5.95 Å². The highest BCUT2D eigenvalue weighted by Crippen LogP contribution is 2.06. The fourth-order valence-electron chi connectivity index (χ4n) is 1.39. The van der Waals surface area contributed by atoms with E-state index in [0.717, 1.165) is 0 Å². The maximum absolute atomic E-state index is 11.5. The normalized spacial score (nSPS) is 10.6. The molecule has 0 aliphatic carbocycles. The lowest BCUT2D eigenvalue weighted by Gasteiger charge is -1.99. The molecule has 0 saturated carbocycles. The number of rotatable bonds is 2. The number of nitrogen functional groups attached to an aromatic ring is 1. The van der Waals surface area contributed by atoms with Crippen LogP contribution in [0.3, 0.4) is 0 Å². The van der Waals surface area contributed by atoms with E-state index in [1.54, 1.807) is 10.9 Å². The summed E-state index contributed by atoms with van der Waals surface area (Å²) in [6.07, 6.45) is 3.62. The van der Waals surface area contributed by atoms with Gasteiger partial charge in [-0.3, -0.25) is 9.78 Å². The molecule has 0 radical (unpaired) electrons. The summed E-state index contributed by atoms with van der Waals surface area (Å²) in [4.78, 5) is 22.0. The zero-order chi connectivity index (χ0) is 11.7. The number of hydrogen-bond donors (Lipinski definition) is 2. The van der Waals surface area contributed by atoms with E-state index < -0.39 is 0 Å². The van der Waals surface area contributed by atoms with E-state index in [1.807, 2.05) is 19.9 Å². The fourth-order valence-corrected chi connectivity index (χ4v) is 1.39. The van der Waals surface area contributed by atoms with Crippen molar-refractivity contribution in [3.05, 3.63) is 28.3 Å². The van der Waals surface area contributed by atoms with Gasteiger partial charge in [0, 0.05) is 6.54 Å². The molecule has 2 aromatic heterocycles. The number of nitrogens with zero attached hydrogens (tertiary/aromatic N) is 3. The molecular weight excluding hydrogens is 206 g/mol. The molecule has 0 fully saturated rings. The second kappa shape index (κ2) is 3.80. The minimum absolute atomic E-state index is 0.108. The molecule has 0 aromatic carbocycles. The molecule has 0 unspecified atom stereocenters. The molecular formula is C10H13N5O. The van der Waals surface area contributed by atoms with Crippen molar-refractivity contribution in [1.29, 1.82) is 0 Å². The number of aromatic amines is 1. The van der Waals surface area contributed by atoms with E-state index in [-0.39, 0.29) is 11.5 Å². The number of hydrogen-bond acceptors (Lipinski definition) is 4. The maximum atomic E-state index is 11.5. The van der Waals surface area contributed by atoms with Gasteiger partial charge in [0.05, 0.1) is 6.33 Å². The highest BCUT2D eigenvalue weighted by atomic mass is 16.1. The third-order valence-electron chi connectivity index (χ3n) is 2.19. The first kappa shape index (κ1) is 10.4. The Kier molecular flexibility index (Phi) is 2.47. The van der Waals surface area contributed by atoms with Gasteiger partial charge >= 0.3 is 0 Å². The Morgan fingerprint density at radius 3 is 3.06 bits per heavy atom. The Hall–Kier alpha value is -2.11. The second-order valence-corrected chi connectivity index (χ2v) is 3.80. The summed E-state index contributed by atoms with van der Waals surface area (Å²) in [5.41, 5.74) is 7.20. The Morgan fingerprint density at radius 2 is 2.38 bits per heavy atom. The highest BCUT2D eigenvalue weighted by molar-refractivity contribution is 5.70. The lowest BCUT2D eigenvalue weighted by Crippen LogP contribution is -2.12. The van der Waals surface area contributed by atoms with Crippen LogP contribution in [0.2, 0.25) is 0 Å². The summed E-state index contributed by atoms with van der Waals surface area (Å²) < 4.78 is 1.79. The molecule has 0 spiro atoms. The smallest absolute Gasteiger partial charge is 0.280 e. The number of H-pyrrole nitrogens is 1. The maximum Gasteiger partial charge on any atom is 0.280 e. The van der Waals surface area contributed by atoms with Gasteiger partial charge < -0.3 is 10.3 Å². The number of aromatic nitrogens is 4. The number of imidazole rings is 1. The molecule has 2 aromatic rings. The summed E-state index contributed by atoms with van der Waals surface area (Å²) in [6, 6.07) is 0. The standard InChI is InChI=1S/C10H13N5O/c1-6(2)3-4-15-5-12-7-8(15)13-10(11)14-9(7)16/h3,5H,4H2,1-2H3,(H3,11,13,14,16). The first-order valence-electron chi connectivity index (χ1n) is 4.92. The van der Waals surface area contributed by atoms with Crippen LogP contribution in [0.25, 0.3) is 11.2 Å². The molecule has 16 heavy (non-hydrogen) atoms. The average Bonchev–Trinajstić information content (AvgIpc) is 2.58. The van der Waals surface area contributed by atoms with Crippen molar-refractivity contribution in [2.45, 2.75) is 20.4 Å². The quantitative estimate of drug-likeness (QED) is 0.726. The number of fused-ring (bicyclic) bond motifs is 1. The third kappa shape index (κ3) is 1.81. The van der Waals surface area contributed by atoms with Crippen molar-refractivity contribution >= 4 is 17.1 Å². The Morgan fingerprint density at radius 1 is 1.62 bits per heavy atom. The molecule has 84 valence electrons. The van der Waals surface area contributed by atoms with Crippen LogP contribution in [0, 0.1) is 0 Å². The first-order valence-corrected chi connectivity index (χ1v) is 4.92. The number of nitrogens with one attached hydrogen (secondary N) is 1. The van der Waals surface area contributed by atoms with Crippen molar-refractivity contribution in [2.24, 2.45) is 0 Å². The van der Waals surface area contributed by atoms with Gasteiger partial charge in [-0.25, -0.2) is 4.98 Å². The van der Waals surface area contributed by atoms with E-state index in [1.165, 1.54) is 5.57 Å². The molecule has 0 aliphatic rings. The second-order valence-electron chi connectivity index (χ2n) is 3.80. The summed E-state index contributed by atoms with van der Waals surface area (Å²) in [5, 5.41) is 0. The lowest BCUT2D eigenvalue weighted by atomic mass is 10.3. The summed E-state index contributed by atoms with van der Waals surface area (Å²) in [7, 11) is 0. The van der Waals surface area contributed by atoms with Crippen molar-refractivity contribution in [1.82, 2.24) is 19.5 Å². The predicted molar refractivity (Wildman–Crippen MR) is 62.0 cm³/mol. The Bertz CT molecular complexity index is 603. The van der Waals surface area contributed by atoms with Crippen LogP contribution in [0.15, 0.2) is 22.8 Å². The minimum atomic E-state index is -0.307. The predicted octanol–water partition coefficient (Wildman–Crippen LogP) is 0.668. The van der Waals surface area contributed by atoms with Gasteiger partial charge in [-0.1, -0.05) is 11.6 Å². The van der Waals surface area contributed by atoms with Crippen LogP contribution < -0.4 is 11.3 Å². The van der Waals surface area contributed by atoms with Crippen LogP contribution in [0.5, 0.6) is 0 Å². The van der Waals surface area contributed by atoms with Crippen molar-refractivity contribution in [2.75, 3.05) is 5.73 Å². The minimum Gasteiger partial charge on any atom is -0.369 e. The van der Waals surface area contributed by atoms with Crippen LogP contribution in [-0.4, -0.2) is 19.5 Å². The van der Waals surface area contributed by atoms with E-state index in [0.29, 0.717) is 17.7 Å². The van der Waals surface area contributed by atoms with Crippen molar-refractivity contribution in [3.8, 4) is 0 Å². The average molecular weight is 219 g/mol. The molecule has 2 rings (SSSR count). The Balaban J connectivity index is 2.56. The van der Waals surface area contributed by atoms with Crippen molar-refractivity contribution in [3.63, 3.8) is 0 Å². The van der Waals surface area contributed by atoms with Gasteiger partial charge in [0.25, 0.3) is 5.56 Å². The molecule has 0 atom stereocenters. The molecule has 0 aliphatic heterocycles. The van der Waals surface area contributed by atoms with Gasteiger partial charge in [-0.05, 0) is 13.8 Å². The third-order valence-corrected chi connectivity index (χ3v) is 2.19. The van der Waals surface area contributed by atoms with Crippen LogP contribution in [-0.2, 0) is 6.54 Å². The van der Waals surface area contributed by atoms with Crippen LogP contribution in [0.1, 0.15) is 13.8 Å². The van der Waals surface area contributed by atoms with Gasteiger partial charge in [0.1, 0.15) is 0 Å². The SMILES string of the molecule is CC(C)=CCn1cnc2c(=O)[nH]c(N)nc21. The molecule has 0 amide bonds. The van der Waals surface area contributed by atoms with E-state index in [2.05, 4.69) is 15.0 Å². The number of anilines is 1. The zero-order valence-corrected chi connectivity index (χ0v) is 9.19. The number of allylic oxidation sites excluding steroid dienone is 2. The molecule has 3 N–H and O–H groups in total.